The van der Waals surface area contributed by atoms with Gasteiger partial charge in [-0.1, -0.05) is 95.4 Å². The number of hydrogen-bond acceptors (Lipinski definition) is 3. The van der Waals surface area contributed by atoms with Crippen LogP contribution in [0.2, 0.25) is 0 Å². The van der Waals surface area contributed by atoms with Crippen LogP contribution in [0.3, 0.4) is 0 Å². The maximum absolute atomic E-state index is 13.8. The molecule has 0 saturated heterocycles. The van der Waals surface area contributed by atoms with Gasteiger partial charge in [0.15, 0.2) is 12.4 Å². The van der Waals surface area contributed by atoms with E-state index in [1.165, 1.54) is 57.8 Å². The second-order valence-electron chi connectivity index (χ2n) is 11.6. The second-order valence-corrected chi connectivity index (χ2v) is 13.6. The minimum Gasteiger partial charge on any atom is -1.00 e. The molecule has 3 aromatic rings. The topological polar surface area (TPSA) is 50.5 Å². The molecule has 238 valence electrons. The van der Waals surface area contributed by atoms with Crippen molar-refractivity contribution in [3.8, 4) is 5.75 Å². The number of hydrogen-bond donors (Lipinski definition) is 0. The van der Waals surface area contributed by atoms with E-state index >= 15 is 0 Å². The van der Waals surface area contributed by atoms with E-state index < -0.39 is 10.0 Å². The lowest BCUT2D eigenvalue weighted by Crippen LogP contribution is -3.00. The first-order chi connectivity index (χ1) is 20.3. The monoisotopic (exact) mass is 720 g/mol. The lowest BCUT2D eigenvalue weighted by Gasteiger charge is -2.23. The Bertz CT molecular complexity index is 1300. The first kappa shape index (κ1) is 37.2. The highest BCUT2D eigenvalue weighted by Crippen LogP contribution is 2.25. The molecule has 43 heavy (non-hydrogen) atoms. The third-order valence-corrected chi connectivity index (χ3v) is 9.69. The summed E-state index contributed by atoms with van der Waals surface area (Å²) in [6.45, 7) is 10.7. The predicted molar refractivity (Wildman–Crippen MR) is 173 cm³/mol. The lowest BCUT2D eigenvalue weighted by atomic mass is 10.1. The summed E-state index contributed by atoms with van der Waals surface area (Å²) in [4.78, 5) is 0.319. The van der Waals surface area contributed by atoms with Gasteiger partial charge in [0.1, 0.15) is 12.3 Å². The molecule has 5 nitrogen and oxygen atoms in total. The molecule has 0 N–H and O–H groups in total. The van der Waals surface area contributed by atoms with E-state index in [-0.39, 0.29) is 24.0 Å². The Labute approximate surface area is 279 Å². The third kappa shape index (κ3) is 12.9. The minimum atomic E-state index is -3.70. The SMILES string of the molecule is CCCCCCCCCCCCOc1ccc(CN(Cc2cc[n+](CCC)cc2)S(=O)(=O)c2ccc(C)cc2)c(C)c1.[I-]. The van der Waals surface area contributed by atoms with Crippen LogP contribution in [0, 0.1) is 13.8 Å². The van der Waals surface area contributed by atoms with Gasteiger partial charge in [-0.05, 0) is 61.2 Å². The number of pyridine rings is 1. The predicted octanol–water partition coefficient (Wildman–Crippen LogP) is 5.70. The molecule has 1 aromatic heterocycles. The van der Waals surface area contributed by atoms with Crippen LogP contribution in [-0.4, -0.2) is 19.3 Å². The summed E-state index contributed by atoms with van der Waals surface area (Å²) in [5.74, 6) is 0.851. The molecule has 1 heterocycles. The summed E-state index contributed by atoms with van der Waals surface area (Å²) in [6.07, 6.45) is 18.1. The largest absolute Gasteiger partial charge is 1.00 e. The molecule has 0 amide bonds. The normalized spacial score (nSPS) is 11.5. The number of unbranched alkanes of at least 4 members (excludes halogenated alkanes) is 9. The number of sulfonamides is 1. The fourth-order valence-electron chi connectivity index (χ4n) is 5.19. The number of aromatic nitrogens is 1. The zero-order chi connectivity index (χ0) is 30.2. The Balaban J connectivity index is 0.00000645. The zero-order valence-corrected chi connectivity index (χ0v) is 29.8. The van der Waals surface area contributed by atoms with Crippen LogP contribution in [0.15, 0.2) is 71.9 Å². The molecule has 0 aliphatic heterocycles. The van der Waals surface area contributed by atoms with Crippen molar-refractivity contribution >= 4 is 10.0 Å². The van der Waals surface area contributed by atoms with Gasteiger partial charge in [0.05, 0.1) is 11.5 Å². The van der Waals surface area contributed by atoms with Crippen LogP contribution in [0.4, 0.5) is 0 Å². The smallest absolute Gasteiger partial charge is 0.243 e. The molecule has 0 aliphatic rings. The minimum absolute atomic E-state index is 0. The van der Waals surface area contributed by atoms with Crippen molar-refractivity contribution < 1.29 is 41.7 Å². The Morgan fingerprint density at radius 2 is 1.33 bits per heavy atom. The van der Waals surface area contributed by atoms with E-state index in [9.17, 15) is 8.42 Å². The van der Waals surface area contributed by atoms with Crippen molar-refractivity contribution in [2.75, 3.05) is 6.61 Å². The Morgan fingerprint density at radius 3 is 1.91 bits per heavy atom. The molecule has 0 fully saturated rings. The van der Waals surface area contributed by atoms with Crippen LogP contribution in [0.1, 0.15) is 107 Å². The molecule has 7 heteroatoms. The molecule has 0 unspecified atom stereocenters. The second kappa shape index (κ2) is 20.1. The molecule has 2 aromatic carbocycles. The maximum atomic E-state index is 13.8. The fourth-order valence-corrected chi connectivity index (χ4v) is 6.60. The molecule has 0 atom stereocenters. The zero-order valence-electron chi connectivity index (χ0n) is 26.9. The number of ether oxygens (including phenoxy) is 1. The van der Waals surface area contributed by atoms with Crippen molar-refractivity contribution in [3.63, 3.8) is 0 Å². The van der Waals surface area contributed by atoms with Gasteiger partial charge >= 0.3 is 0 Å². The molecule has 0 aliphatic carbocycles. The average Bonchev–Trinajstić information content (AvgIpc) is 2.98. The number of halogens is 1. The van der Waals surface area contributed by atoms with Gasteiger partial charge in [-0.2, -0.15) is 4.31 Å². The molecule has 3 rings (SSSR count). The highest BCUT2D eigenvalue weighted by Gasteiger charge is 2.26. The summed E-state index contributed by atoms with van der Waals surface area (Å²) in [5.41, 5.74) is 4.02. The third-order valence-electron chi connectivity index (χ3n) is 7.89. The summed E-state index contributed by atoms with van der Waals surface area (Å²) < 4.78 is 37.4. The standard InChI is InChI=1S/C36H53N2O3S.HI/c1-5-7-8-9-10-11-12-13-14-15-27-41-35-19-18-34(32(4)28-35)30-38(29-33-22-25-37(24-6-2)26-23-33)42(39,40)36-20-16-31(3)17-21-36;/h16-23,25-26,28H,5-15,24,27,29-30H2,1-4H3;1H/q+1;/p-1. The Morgan fingerprint density at radius 1 is 0.721 bits per heavy atom. The molecule has 0 spiro atoms. The van der Waals surface area contributed by atoms with E-state index in [1.807, 2.05) is 68.7 Å². The Kier molecular flexibility index (Phi) is 17.4. The van der Waals surface area contributed by atoms with E-state index in [0.29, 0.717) is 18.0 Å². The summed E-state index contributed by atoms with van der Waals surface area (Å²) in [7, 11) is -3.70. The number of aryl methyl sites for hydroxylation is 3. The molecule has 0 radical (unpaired) electrons. The van der Waals surface area contributed by atoms with Gasteiger partial charge in [-0.25, -0.2) is 13.0 Å². The van der Waals surface area contributed by atoms with Gasteiger partial charge < -0.3 is 28.7 Å². The van der Waals surface area contributed by atoms with Gasteiger partial charge in [0, 0.05) is 31.6 Å². The molecular weight excluding hydrogens is 667 g/mol. The number of benzene rings is 2. The van der Waals surface area contributed by atoms with Crippen LogP contribution in [0.5, 0.6) is 5.75 Å². The number of nitrogens with zero attached hydrogens (tertiary/aromatic N) is 2. The molecule has 0 bridgehead atoms. The van der Waals surface area contributed by atoms with Crippen molar-refractivity contribution in [2.24, 2.45) is 0 Å². The molecule has 0 saturated carbocycles. The lowest BCUT2D eigenvalue weighted by molar-refractivity contribution is -0.697. The van der Waals surface area contributed by atoms with Crippen LogP contribution in [-0.2, 0) is 29.7 Å². The van der Waals surface area contributed by atoms with Crippen molar-refractivity contribution in [1.82, 2.24) is 4.31 Å². The maximum Gasteiger partial charge on any atom is 0.243 e. The summed E-state index contributed by atoms with van der Waals surface area (Å²) in [5, 5.41) is 0. The van der Waals surface area contributed by atoms with Crippen LogP contribution in [0.25, 0.3) is 0 Å². The fraction of sp³-hybridized carbons (Fsp3) is 0.528. The van der Waals surface area contributed by atoms with Crippen molar-refractivity contribution in [1.29, 1.82) is 0 Å². The molecular formula is C36H53IN2O3S. The van der Waals surface area contributed by atoms with E-state index in [0.717, 1.165) is 54.0 Å². The van der Waals surface area contributed by atoms with Gasteiger partial charge in [-0.15, -0.1) is 0 Å². The van der Waals surface area contributed by atoms with Crippen molar-refractivity contribution in [3.05, 3.63) is 89.2 Å². The van der Waals surface area contributed by atoms with E-state index in [1.54, 1.807) is 16.4 Å². The Hall–Kier alpha value is -1.97. The average molecular weight is 721 g/mol. The van der Waals surface area contributed by atoms with E-state index in [4.69, 9.17) is 4.74 Å². The first-order valence-electron chi connectivity index (χ1n) is 16.1. The summed E-state index contributed by atoms with van der Waals surface area (Å²) in [6, 6.07) is 17.2. The van der Waals surface area contributed by atoms with Gasteiger partial charge in [0.25, 0.3) is 0 Å². The van der Waals surface area contributed by atoms with Gasteiger partial charge in [-0.3, -0.25) is 0 Å². The van der Waals surface area contributed by atoms with Crippen molar-refractivity contribution in [2.45, 2.75) is 123 Å². The van der Waals surface area contributed by atoms with Gasteiger partial charge in [0.2, 0.25) is 10.0 Å². The van der Waals surface area contributed by atoms with Crippen LogP contribution < -0.4 is 33.3 Å². The first-order valence-corrected chi connectivity index (χ1v) is 17.5. The van der Waals surface area contributed by atoms with E-state index in [2.05, 4.69) is 18.4 Å². The summed E-state index contributed by atoms with van der Waals surface area (Å²) >= 11 is 0. The van der Waals surface area contributed by atoms with Crippen LogP contribution >= 0.6 is 0 Å². The number of rotatable bonds is 20. The highest BCUT2D eigenvalue weighted by molar-refractivity contribution is 7.89. The quantitative estimate of drug-likeness (QED) is 0.0857. The highest BCUT2D eigenvalue weighted by atomic mass is 127.